The second-order valence-electron chi connectivity index (χ2n) is 5.33. The molecule has 0 aliphatic heterocycles. The second kappa shape index (κ2) is 5.89. The number of rotatable bonds is 4. The molecule has 0 aliphatic rings. The summed E-state index contributed by atoms with van der Waals surface area (Å²) in [6.07, 6.45) is 1.89. The lowest BCUT2D eigenvalue weighted by atomic mass is 10.2. The van der Waals surface area contributed by atoms with E-state index in [0.717, 1.165) is 16.9 Å². The van der Waals surface area contributed by atoms with E-state index in [0.29, 0.717) is 12.1 Å². The van der Waals surface area contributed by atoms with Crippen LogP contribution in [0.4, 0.5) is 5.69 Å². The Morgan fingerprint density at radius 1 is 1.18 bits per heavy atom. The summed E-state index contributed by atoms with van der Waals surface area (Å²) in [4.78, 5) is 14.2. The Labute approximate surface area is 129 Å². The van der Waals surface area contributed by atoms with E-state index in [1.807, 2.05) is 73.7 Å². The fourth-order valence-electron chi connectivity index (χ4n) is 2.28. The molecule has 0 fully saturated rings. The Kier molecular flexibility index (Phi) is 3.78. The van der Waals surface area contributed by atoms with E-state index in [4.69, 9.17) is 0 Å². The van der Waals surface area contributed by atoms with Crippen LogP contribution < -0.4 is 10.2 Å². The van der Waals surface area contributed by atoms with E-state index >= 15 is 0 Å². The monoisotopic (exact) mass is 294 g/mol. The van der Waals surface area contributed by atoms with Crippen LogP contribution >= 0.6 is 0 Å². The van der Waals surface area contributed by atoms with E-state index in [1.165, 1.54) is 0 Å². The summed E-state index contributed by atoms with van der Waals surface area (Å²) in [5.74, 6) is -0.0965. The summed E-state index contributed by atoms with van der Waals surface area (Å²) < 4.78 is 1.80. The van der Waals surface area contributed by atoms with Crippen molar-refractivity contribution in [1.29, 1.82) is 0 Å². The van der Waals surface area contributed by atoms with Gasteiger partial charge in [0.1, 0.15) is 0 Å². The molecule has 0 saturated carbocycles. The van der Waals surface area contributed by atoms with Crippen molar-refractivity contribution < 1.29 is 4.79 Å². The third-order valence-electron chi connectivity index (χ3n) is 3.48. The summed E-state index contributed by atoms with van der Waals surface area (Å²) in [6, 6.07) is 15.4. The van der Waals surface area contributed by atoms with Gasteiger partial charge in [-0.25, -0.2) is 4.52 Å². The first kappa shape index (κ1) is 14.1. The Bertz CT molecular complexity index is 774. The van der Waals surface area contributed by atoms with Crippen LogP contribution in [0.5, 0.6) is 0 Å². The number of hydrogen-bond donors (Lipinski definition) is 1. The van der Waals surface area contributed by atoms with Gasteiger partial charge in [-0.1, -0.05) is 12.1 Å². The summed E-state index contributed by atoms with van der Waals surface area (Å²) in [6.45, 7) is 0.409. The van der Waals surface area contributed by atoms with Crippen LogP contribution in [0.2, 0.25) is 0 Å². The number of aromatic nitrogens is 2. The lowest BCUT2D eigenvalue weighted by Gasteiger charge is -2.13. The van der Waals surface area contributed by atoms with Crippen LogP contribution in [0.3, 0.4) is 0 Å². The number of hydrogen-bond acceptors (Lipinski definition) is 3. The van der Waals surface area contributed by atoms with Gasteiger partial charge in [0, 0.05) is 31.5 Å². The maximum Gasteiger partial charge on any atom is 0.251 e. The van der Waals surface area contributed by atoms with Crippen molar-refractivity contribution in [3.8, 4) is 0 Å². The van der Waals surface area contributed by atoms with E-state index in [9.17, 15) is 4.79 Å². The number of amides is 1. The molecule has 112 valence electrons. The fraction of sp³-hybridized carbons (Fsp3) is 0.176. The fourth-order valence-corrected chi connectivity index (χ4v) is 2.28. The van der Waals surface area contributed by atoms with Crippen LogP contribution in [-0.2, 0) is 6.54 Å². The van der Waals surface area contributed by atoms with Crippen LogP contribution in [0.15, 0.2) is 54.7 Å². The summed E-state index contributed by atoms with van der Waals surface area (Å²) >= 11 is 0. The van der Waals surface area contributed by atoms with Crippen molar-refractivity contribution in [3.63, 3.8) is 0 Å². The number of nitrogens with one attached hydrogen (secondary N) is 1. The second-order valence-corrected chi connectivity index (χ2v) is 5.33. The molecule has 22 heavy (non-hydrogen) atoms. The van der Waals surface area contributed by atoms with Crippen molar-refractivity contribution in [1.82, 2.24) is 14.9 Å². The highest BCUT2D eigenvalue weighted by atomic mass is 16.1. The largest absolute Gasteiger partial charge is 0.378 e. The minimum Gasteiger partial charge on any atom is -0.378 e. The molecule has 3 aromatic rings. The molecule has 0 unspecified atom stereocenters. The molecule has 0 aliphatic carbocycles. The summed E-state index contributed by atoms with van der Waals surface area (Å²) in [5.41, 5.74) is 3.50. The van der Waals surface area contributed by atoms with Crippen molar-refractivity contribution >= 4 is 17.1 Å². The summed E-state index contributed by atoms with van der Waals surface area (Å²) in [5, 5.41) is 7.33. The molecule has 0 spiro atoms. The minimum absolute atomic E-state index is 0.0965. The molecule has 0 atom stereocenters. The van der Waals surface area contributed by atoms with E-state index in [1.54, 1.807) is 4.52 Å². The van der Waals surface area contributed by atoms with Crippen molar-refractivity contribution in [3.05, 3.63) is 66.0 Å². The SMILES string of the molecule is CN(C)c1cccc(C(=O)NCc2cc3ccccn3n2)c1. The molecule has 1 aromatic carbocycles. The maximum absolute atomic E-state index is 12.2. The van der Waals surface area contributed by atoms with Gasteiger partial charge in [-0.05, 0) is 36.4 Å². The van der Waals surface area contributed by atoms with Gasteiger partial charge in [0.25, 0.3) is 5.91 Å². The van der Waals surface area contributed by atoms with Gasteiger partial charge in [0.15, 0.2) is 0 Å². The van der Waals surface area contributed by atoms with Crippen LogP contribution in [0.1, 0.15) is 16.1 Å². The zero-order valence-electron chi connectivity index (χ0n) is 12.7. The number of carbonyl (C=O) groups excluding carboxylic acids is 1. The van der Waals surface area contributed by atoms with Crippen LogP contribution in [0, 0.1) is 0 Å². The van der Waals surface area contributed by atoms with Crippen LogP contribution in [-0.4, -0.2) is 29.6 Å². The van der Waals surface area contributed by atoms with Gasteiger partial charge in [0.2, 0.25) is 0 Å². The van der Waals surface area contributed by atoms with E-state index < -0.39 is 0 Å². The molecule has 5 nitrogen and oxygen atoms in total. The lowest BCUT2D eigenvalue weighted by molar-refractivity contribution is 0.0950. The first-order chi connectivity index (χ1) is 10.6. The number of pyridine rings is 1. The van der Waals surface area contributed by atoms with Crippen molar-refractivity contribution in [2.75, 3.05) is 19.0 Å². The van der Waals surface area contributed by atoms with E-state index in [-0.39, 0.29) is 5.91 Å². The Morgan fingerprint density at radius 2 is 2.05 bits per heavy atom. The number of anilines is 1. The third-order valence-corrected chi connectivity index (χ3v) is 3.48. The number of nitrogens with zero attached hydrogens (tertiary/aromatic N) is 3. The van der Waals surface area contributed by atoms with Crippen LogP contribution in [0.25, 0.3) is 5.52 Å². The highest BCUT2D eigenvalue weighted by Crippen LogP contribution is 2.13. The number of carbonyl (C=O) groups is 1. The standard InChI is InChI=1S/C17H18N4O/c1-20(2)15-8-5-6-13(10-15)17(22)18-12-14-11-16-7-3-4-9-21(16)19-14/h3-11H,12H2,1-2H3,(H,18,22). The zero-order chi connectivity index (χ0) is 15.5. The van der Waals surface area contributed by atoms with Crippen molar-refractivity contribution in [2.24, 2.45) is 0 Å². The molecule has 2 aromatic heterocycles. The van der Waals surface area contributed by atoms with Gasteiger partial charge in [0.05, 0.1) is 17.8 Å². The van der Waals surface area contributed by atoms with Crippen molar-refractivity contribution in [2.45, 2.75) is 6.54 Å². The molecule has 2 heterocycles. The first-order valence-electron chi connectivity index (χ1n) is 7.12. The lowest BCUT2D eigenvalue weighted by Crippen LogP contribution is -2.23. The molecule has 1 amide bonds. The predicted molar refractivity (Wildman–Crippen MR) is 87.1 cm³/mol. The maximum atomic E-state index is 12.2. The molecule has 0 bridgehead atoms. The minimum atomic E-state index is -0.0965. The zero-order valence-corrected chi connectivity index (χ0v) is 12.7. The molecule has 0 saturated heterocycles. The average Bonchev–Trinajstić information content (AvgIpc) is 2.95. The van der Waals surface area contributed by atoms with Gasteiger partial charge >= 0.3 is 0 Å². The Morgan fingerprint density at radius 3 is 2.82 bits per heavy atom. The highest BCUT2D eigenvalue weighted by molar-refractivity contribution is 5.95. The molecule has 0 radical (unpaired) electrons. The number of fused-ring (bicyclic) bond motifs is 1. The topological polar surface area (TPSA) is 49.6 Å². The first-order valence-corrected chi connectivity index (χ1v) is 7.12. The molecule has 5 heteroatoms. The summed E-state index contributed by atoms with van der Waals surface area (Å²) in [7, 11) is 3.90. The number of benzene rings is 1. The van der Waals surface area contributed by atoms with Gasteiger partial charge in [-0.15, -0.1) is 0 Å². The van der Waals surface area contributed by atoms with Gasteiger partial charge in [-0.2, -0.15) is 5.10 Å². The Balaban J connectivity index is 1.70. The third kappa shape index (κ3) is 2.93. The average molecular weight is 294 g/mol. The molecule has 3 rings (SSSR count). The normalized spacial score (nSPS) is 10.6. The van der Waals surface area contributed by atoms with Gasteiger partial charge in [-0.3, -0.25) is 4.79 Å². The molecular weight excluding hydrogens is 276 g/mol. The highest BCUT2D eigenvalue weighted by Gasteiger charge is 2.08. The Hall–Kier alpha value is -2.82. The molecular formula is C17H18N4O. The van der Waals surface area contributed by atoms with E-state index in [2.05, 4.69) is 10.4 Å². The quantitative estimate of drug-likeness (QED) is 0.803. The smallest absolute Gasteiger partial charge is 0.251 e. The molecule has 1 N–H and O–H groups in total. The predicted octanol–water partition coefficient (Wildman–Crippen LogP) is 2.33. The van der Waals surface area contributed by atoms with Gasteiger partial charge < -0.3 is 10.2 Å².